The molecule has 112 valence electrons. The Kier molecular flexibility index (Phi) is 4.27. The average Bonchev–Trinajstić information content (AvgIpc) is 3.03. The van der Waals surface area contributed by atoms with Crippen LogP contribution in [0.3, 0.4) is 0 Å². The number of H-pyrrole nitrogens is 1. The zero-order valence-corrected chi connectivity index (χ0v) is 11.7. The van der Waals surface area contributed by atoms with E-state index in [-0.39, 0.29) is 17.9 Å². The van der Waals surface area contributed by atoms with Crippen LogP contribution in [0.1, 0.15) is 34.8 Å². The fourth-order valence-corrected chi connectivity index (χ4v) is 1.77. The maximum absolute atomic E-state index is 11.7. The summed E-state index contributed by atoms with van der Waals surface area (Å²) in [5.74, 6) is -0.00831. The van der Waals surface area contributed by atoms with Crippen LogP contribution in [-0.2, 0) is 13.0 Å². The molecule has 0 spiro atoms. The van der Waals surface area contributed by atoms with Crippen LogP contribution in [0.5, 0.6) is 0 Å². The Morgan fingerprint density at radius 3 is 2.86 bits per heavy atom. The number of hydrogen-bond acceptors (Lipinski definition) is 4. The Morgan fingerprint density at radius 2 is 2.24 bits per heavy atom. The van der Waals surface area contributed by atoms with E-state index in [1.54, 1.807) is 19.2 Å². The van der Waals surface area contributed by atoms with Crippen molar-refractivity contribution in [3.05, 3.63) is 35.3 Å². The Labute approximate surface area is 120 Å². The molecule has 8 nitrogen and oxygen atoms in total. The van der Waals surface area contributed by atoms with E-state index < -0.39 is 12.0 Å². The van der Waals surface area contributed by atoms with Crippen molar-refractivity contribution < 1.29 is 19.1 Å². The number of rotatable bonds is 5. The van der Waals surface area contributed by atoms with Crippen LogP contribution in [0, 0.1) is 6.92 Å². The number of nitrogens with zero attached hydrogens (tertiary/aromatic N) is 1. The first-order chi connectivity index (χ1) is 9.99. The summed E-state index contributed by atoms with van der Waals surface area (Å²) in [7, 11) is 0. The summed E-state index contributed by atoms with van der Waals surface area (Å²) in [6, 6.07) is 1.01. The number of carboxylic acid groups (broad SMARTS) is 1. The van der Waals surface area contributed by atoms with Crippen LogP contribution < -0.4 is 10.6 Å². The van der Waals surface area contributed by atoms with Crippen molar-refractivity contribution in [1.29, 1.82) is 0 Å². The molecule has 2 amide bonds. The normalized spacial score (nSPS) is 10.4. The first kappa shape index (κ1) is 14.6. The van der Waals surface area contributed by atoms with Crippen molar-refractivity contribution in [1.82, 2.24) is 15.3 Å². The minimum absolute atomic E-state index is 0.0629. The van der Waals surface area contributed by atoms with E-state index >= 15 is 0 Å². The van der Waals surface area contributed by atoms with E-state index in [1.165, 1.54) is 0 Å². The molecule has 0 fully saturated rings. The third-order valence-electron chi connectivity index (χ3n) is 2.76. The Balaban J connectivity index is 1.94. The number of urea groups is 1. The molecule has 0 aliphatic rings. The van der Waals surface area contributed by atoms with Crippen LogP contribution >= 0.6 is 0 Å². The highest BCUT2D eigenvalue weighted by atomic mass is 16.4. The molecular formula is C13H16N4O4. The van der Waals surface area contributed by atoms with E-state index in [0.29, 0.717) is 11.6 Å². The summed E-state index contributed by atoms with van der Waals surface area (Å²) in [5, 5.41) is 14.0. The predicted molar refractivity (Wildman–Crippen MR) is 74.2 cm³/mol. The van der Waals surface area contributed by atoms with Crippen LogP contribution in [0.15, 0.2) is 16.7 Å². The number of aromatic nitrogens is 2. The summed E-state index contributed by atoms with van der Waals surface area (Å²) in [6.07, 6.45) is 2.33. The van der Waals surface area contributed by atoms with E-state index in [2.05, 4.69) is 20.6 Å². The average molecular weight is 292 g/mol. The second-order valence-corrected chi connectivity index (χ2v) is 4.43. The highest BCUT2D eigenvalue weighted by Crippen LogP contribution is 2.16. The number of hydrogen-bond donors (Lipinski definition) is 4. The molecule has 2 rings (SSSR count). The lowest BCUT2D eigenvalue weighted by Crippen LogP contribution is -2.28. The number of aryl methyl sites for hydroxylation is 2. The zero-order valence-electron chi connectivity index (χ0n) is 11.7. The van der Waals surface area contributed by atoms with Gasteiger partial charge < -0.3 is 25.1 Å². The van der Waals surface area contributed by atoms with Crippen molar-refractivity contribution in [2.24, 2.45) is 0 Å². The van der Waals surface area contributed by atoms with Gasteiger partial charge in [-0.15, -0.1) is 0 Å². The number of anilines is 1. The topological polar surface area (TPSA) is 120 Å². The Hall–Kier alpha value is -2.77. The molecule has 0 saturated heterocycles. The summed E-state index contributed by atoms with van der Waals surface area (Å²) in [4.78, 5) is 29.4. The van der Waals surface area contributed by atoms with Gasteiger partial charge in [-0.05, 0) is 13.0 Å². The lowest BCUT2D eigenvalue weighted by atomic mass is 10.3. The maximum atomic E-state index is 11.7. The number of carboxylic acids is 1. The highest BCUT2D eigenvalue weighted by Gasteiger charge is 2.15. The van der Waals surface area contributed by atoms with Gasteiger partial charge in [0.1, 0.15) is 11.5 Å². The summed E-state index contributed by atoms with van der Waals surface area (Å²) >= 11 is 0. The van der Waals surface area contributed by atoms with Crippen molar-refractivity contribution >= 4 is 17.7 Å². The van der Waals surface area contributed by atoms with Gasteiger partial charge in [0.05, 0.1) is 18.4 Å². The summed E-state index contributed by atoms with van der Waals surface area (Å²) < 4.78 is 5.35. The Bertz CT molecular complexity index is 659. The van der Waals surface area contributed by atoms with Crippen molar-refractivity contribution in [2.45, 2.75) is 26.8 Å². The molecule has 2 heterocycles. The standard InChI is InChI=1S/C13H16N4O4/c1-3-8-5-14-10(21-8)6-15-13(20)17-9-4-7(2)16-11(9)12(18)19/h4-5,16H,3,6H2,1-2H3,(H,18,19)(H2,15,17,20). The molecule has 0 unspecified atom stereocenters. The monoisotopic (exact) mass is 292 g/mol. The van der Waals surface area contributed by atoms with Gasteiger partial charge in [-0.25, -0.2) is 14.6 Å². The molecule has 8 heteroatoms. The SMILES string of the molecule is CCc1cnc(CNC(=O)Nc2cc(C)[nH]c2C(=O)O)o1. The van der Waals surface area contributed by atoms with Crippen molar-refractivity contribution in [3.8, 4) is 0 Å². The number of aromatic carboxylic acids is 1. The molecule has 4 N–H and O–H groups in total. The molecule has 0 aromatic carbocycles. The van der Waals surface area contributed by atoms with Gasteiger partial charge in [-0.2, -0.15) is 0 Å². The largest absolute Gasteiger partial charge is 0.477 e. The van der Waals surface area contributed by atoms with Gasteiger partial charge in [0, 0.05) is 12.1 Å². The van der Waals surface area contributed by atoms with E-state index in [0.717, 1.165) is 12.2 Å². The molecule has 0 aliphatic carbocycles. The molecule has 2 aromatic heterocycles. The highest BCUT2D eigenvalue weighted by molar-refractivity contribution is 5.99. The smallest absolute Gasteiger partial charge is 0.354 e. The lowest BCUT2D eigenvalue weighted by Gasteiger charge is -2.05. The fourth-order valence-electron chi connectivity index (χ4n) is 1.77. The minimum atomic E-state index is -1.14. The number of amides is 2. The summed E-state index contributed by atoms with van der Waals surface area (Å²) in [5.41, 5.74) is 0.786. The van der Waals surface area contributed by atoms with Gasteiger partial charge >= 0.3 is 12.0 Å². The lowest BCUT2D eigenvalue weighted by molar-refractivity contribution is 0.0692. The number of oxazole rings is 1. The van der Waals surface area contributed by atoms with Gasteiger partial charge in [-0.1, -0.05) is 6.92 Å². The van der Waals surface area contributed by atoms with E-state index in [1.807, 2.05) is 6.92 Å². The first-order valence-corrected chi connectivity index (χ1v) is 6.41. The molecule has 0 bridgehead atoms. The Morgan fingerprint density at radius 1 is 1.48 bits per heavy atom. The van der Waals surface area contributed by atoms with Crippen LogP contribution in [0.25, 0.3) is 0 Å². The van der Waals surface area contributed by atoms with E-state index in [4.69, 9.17) is 9.52 Å². The molecule has 0 atom stereocenters. The number of nitrogens with one attached hydrogen (secondary N) is 3. The number of aromatic amines is 1. The van der Waals surface area contributed by atoms with Crippen LogP contribution in [-0.4, -0.2) is 27.1 Å². The maximum Gasteiger partial charge on any atom is 0.354 e. The molecular weight excluding hydrogens is 276 g/mol. The molecule has 0 saturated carbocycles. The van der Waals surface area contributed by atoms with E-state index in [9.17, 15) is 9.59 Å². The number of carbonyl (C=O) groups excluding carboxylic acids is 1. The molecule has 0 radical (unpaired) electrons. The van der Waals surface area contributed by atoms with Crippen molar-refractivity contribution in [3.63, 3.8) is 0 Å². The fraction of sp³-hybridized carbons (Fsp3) is 0.308. The molecule has 0 aliphatic heterocycles. The van der Waals surface area contributed by atoms with Crippen LogP contribution in [0.2, 0.25) is 0 Å². The summed E-state index contributed by atoms with van der Waals surface area (Å²) in [6.45, 7) is 3.76. The minimum Gasteiger partial charge on any atom is -0.477 e. The van der Waals surface area contributed by atoms with Gasteiger partial charge in [0.2, 0.25) is 5.89 Å². The number of carbonyl (C=O) groups is 2. The third kappa shape index (κ3) is 3.62. The predicted octanol–water partition coefficient (Wildman–Crippen LogP) is 1.89. The van der Waals surface area contributed by atoms with Gasteiger partial charge in [0.25, 0.3) is 0 Å². The van der Waals surface area contributed by atoms with Gasteiger partial charge in [-0.3, -0.25) is 0 Å². The van der Waals surface area contributed by atoms with Crippen molar-refractivity contribution in [2.75, 3.05) is 5.32 Å². The van der Waals surface area contributed by atoms with Crippen LogP contribution in [0.4, 0.5) is 10.5 Å². The van der Waals surface area contributed by atoms with Gasteiger partial charge in [0.15, 0.2) is 0 Å². The first-order valence-electron chi connectivity index (χ1n) is 6.41. The second kappa shape index (κ2) is 6.12. The molecule has 2 aromatic rings. The zero-order chi connectivity index (χ0) is 15.4. The second-order valence-electron chi connectivity index (χ2n) is 4.43. The quantitative estimate of drug-likeness (QED) is 0.670. The third-order valence-corrected chi connectivity index (χ3v) is 2.76. The molecule has 21 heavy (non-hydrogen) atoms.